The van der Waals surface area contributed by atoms with Crippen LogP contribution in [0.5, 0.6) is 5.75 Å². The molecule has 0 radical (unpaired) electrons. The molecule has 1 fully saturated rings. The normalized spacial score (nSPS) is 16.1. The van der Waals surface area contributed by atoms with E-state index in [2.05, 4.69) is 9.88 Å². The molecule has 0 saturated carbocycles. The van der Waals surface area contributed by atoms with Gasteiger partial charge >= 0.3 is 6.09 Å². The zero-order chi connectivity index (χ0) is 22.0. The summed E-state index contributed by atoms with van der Waals surface area (Å²) in [5.41, 5.74) is 1.09. The fraction of sp³-hybridized carbons (Fsp3) is 0.348. The van der Waals surface area contributed by atoms with Gasteiger partial charge in [0.2, 0.25) is 0 Å². The van der Waals surface area contributed by atoms with Gasteiger partial charge in [-0.3, -0.25) is 0 Å². The van der Waals surface area contributed by atoms with Crippen LogP contribution in [0.25, 0.3) is 22.3 Å². The van der Waals surface area contributed by atoms with Crippen LogP contribution in [0, 0.1) is 11.7 Å². The number of halogens is 1. The van der Waals surface area contributed by atoms with Crippen molar-refractivity contribution in [1.29, 1.82) is 0 Å². The van der Waals surface area contributed by atoms with Crippen molar-refractivity contribution in [1.82, 2.24) is 14.9 Å². The molecule has 1 amide bonds. The van der Waals surface area contributed by atoms with Crippen LogP contribution in [-0.4, -0.2) is 57.4 Å². The second-order valence-corrected chi connectivity index (χ2v) is 7.88. The van der Waals surface area contributed by atoms with Gasteiger partial charge in [-0.25, -0.2) is 19.2 Å². The number of phenols is 1. The first kappa shape index (κ1) is 20.8. The predicted molar refractivity (Wildman–Crippen MR) is 117 cm³/mol. The summed E-state index contributed by atoms with van der Waals surface area (Å²) in [5.74, 6) is 0.834. The molecule has 1 aliphatic heterocycles. The van der Waals surface area contributed by atoms with Gasteiger partial charge in [0.05, 0.1) is 11.1 Å². The summed E-state index contributed by atoms with van der Waals surface area (Å²) in [6.45, 7) is 4.23. The molecule has 3 aromatic rings. The molecule has 1 saturated heterocycles. The summed E-state index contributed by atoms with van der Waals surface area (Å²) in [6.07, 6.45) is 0.680. The van der Waals surface area contributed by atoms with Crippen LogP contribution in [-0.2, 0) is 0 Å². The molecule has 0 bridgehead atoms. The summed E-state index contributed by atoms with van der Waals surface area (Å²) in [4.78, 5) is 24.3. The van der Waals surface area contributed by atoms with Crippen LogP contribution in [0.4, 0.5) is 15.0 Å². The molecule has 1 atom stereocenters. The molecule has 1 aromatic heterocycles. The van der Waals surface area contributed by atoms with Gasteiger partial charge in [-0.2, -0.15) is 0 Å². The van der Waals surface area contributed by atoms with Gasteiger partial charge in [-0.15, -0.1) is 0 Å². The van der Waals surface area contributed by atoms with Gasteiger partial charge < -0.3 is 20.0 Å². The highest BCUT2D eigenvalue weighted by Gasteiger charge is 2.28. The molecule has 31 heavy (non-hydrogen) atoms. The molecular weight excluding hydrogens is 399 g/mol. The smallest absolute Gasteiger partial charge is 0.407 e. The van der Waals surface area contributed by atoms with Gasteiger partial charge in [0.15, 0.2) is 5.82 Å². The number of carboxylic acid groups (broad SMARTS) is 1. The van der Waals surface area contributed by atoms with E-state index in [-0.39, 0.29) is 17.5 Å². The Kier molecular flexibility index (Phi) is 5.88. The van der Waals surface area contributed by atoms with Crippen molar-refractivity contribution < 1.29 is 19.4 Å². The Labute approximate surface area is 179 Å². The molecular formula is C23H25FN4O3. The van der Waals surface area contributed by atoms with Gasteiger partial charge in [0, 0.05) is 31.6 Å². The van der Waals surface area contributed by atoms with Crippen LogP contribution < -0.4 is 4.90 Å². The summed E-state index contributed by atoms with van der Waals surface area (Å²) in [6, 6.07) is 11.2. The highest BCUT2D eigenvalue weighted by atomic mass is 19.1. The van der Waals surface area contributed by atoms with Crippen LogP contribution in [0.2, 0.25) is 0 Å². The minimum atomic E-state index is -0.906. The largest absolute Gasteiger partial charge is 0.507 e. The number of hydrogen-bond acceptors (Lipinski definition) is 5. The molecule has 7 nitrogen and oxygen atoms in total. The van der Waals surface area contributed by atoms with E-state index in [1.807, 2.05) is 6.92 Å². The average Bonchev–Trinajstić information content (AvgIpc) is 3.21. The van der Waals surface area contributed by atoms with Crippen molar-refractivity contribution in [3.05, 3.63) is 48.3 Å². The molecule has 0 unspecified atom stereocenters. The summed E-state index contributed by atoms with van der Waals surface area (Å²) < 4.78 is 14.0. The molecule has 2 aromatic carbocycles. The average molecular weight is 424 g/mol. The third-order valence-corrected chi connectivity index (χ3v) is 5.61. The summed E-state index contributed by atoms with van der Waals surface area (Å²) in [5, 5.41) is 20.3. The molecule has 8 heteroatoms. The van der Waals surface area contributed by atoms with E-state index in [4.69, 9.17) is 4.98 Å². The third-order valence-electron chi connectivity index (χ3n) is 5.61. The SMILES string of the molecule is CCCN(C[C@H]1CCN(c2nc(-c3ccccc3O)nc3ccc(F)cc23)C1)C(=O)O. The summed E-state index contributed by atoms with van der Waals surface area (Å²) in [7, 11) is 0. The van der Waals surface area contributed by atoms with Crippen LogP contribution in [0.1, 0.15) is 19.8 Å². The number of aromatic nitrogens is 2. The Morgan fingerprint density at radius 2 is 2.06 bits per heavy atom. The lowest BCUT2D eigenvalue weighted by Crippen LogP contribution is -2.36. The Morgan fingerprint density at radius 1 is 1.26 bits per heavy atom. The second kappa shape index (κ2) is 8.75. The van der Waals surface area contributed by atoms with E-state index in [0.717, 1.165) is 12.8 Å². The number of amides is 1. The fourth-order valence-electron chi connectivity index (χ4n) is 4.13. The highest BCUT2D eigenvalue weighted by molar-refractivity contribution is 5.91. The monoisotopic (exact) mass is 424 g/mol. The van der Waals surface area contributed by atoms with Gasteiger partial charge in [-0.05, 0) is 49.1 Å². The Bertz CT molecular complexity index is 1110. The zero-order valence-electron chi connectivity index (χ0n) is 17.3. The number of phenolic OH excluding ortho intramolecular Hbond substituents is 1. The van der Waals surface area contributed by atoms with E-state index in [1.165, 1.54) is 17.0 Å². The second-order valence-electron chi connectivity index (χ2n) is 7.88. The van der Waals surface area contributed by atoms with Gasteiger partial charge in [0.25, 0.3) is 0 Å². The first-order valence-electron chi connectivity index (χ1n) is 10.4. The number of rotatable bonds is 6. The van der Waals surface area contributed by atoms with E-state index >= 15 is 0 Å². The number of para-hydroxylation sites is 1. The lowest BCUT2D eigenvalue weighted by Gasteiger charge is -2.23. The number of carbonyl (C=O) groups is 1. The Hall–Kier alpha value is -3.42. The number of nitrogens with zero attached hydrogens (tertiary/aromatic N) is 4. The topological polar surface area (TPSA) is 89.8 Å². The van der Waals surface area contributed by atoms with Crippen LogP contribution in [0.3, 0.4) is 0 Å². The number of fused-ring (bicyclic) bond motifs is 1. The van der Waals surface area contributed by atoms with Gasteiger partial charge in [-0.1, -0.05) is 19.1 Å². The maximum Gasteiger partial charge on any atom is 0.407 e. The fourth-order valence-corrected chi connectivity index (χ4v) is 4.13. The van der Waals surface area contributed by atoms with E-state index in [0.29, 0.717) is 54.3 Å². The molecule has 2 heterocycles. The Morgan fingerprint density at radius 3 is 2.81 bits per heavy atom. The quantitative estimate of drug-likeness (QED) is 0.611. The molecule has 2 N–H and O–H groups in total. The minimum absolute atomic E-state index is 0.0749. The third kappa shape index (κ3) is 4.38. The number of hydrogen-bond donors (Lipinski definition) is 2. The first-order chi connectivity index (χ1) is 15.0. The van der Waals surface area contributed by atoms with Crippen molar-refractivity contribution >= 4 is 22.8 Å². The van der Waals surface area contributed by atoms with Crippen molar-refractivity contribution in [2.45, 2.75) is 19.8 Å². The molecule has 1 aliphatic rings. The maximum absolute atomic E-state index is 14.0. The van der Waals surface area contributed by atoms with E-state index in [9.17, 15) is 19.4 Å². The summed E-state index contributed by atoms with van der Waals surface area (Å²) >= 11 is 0. The maximum atomic E-state index is 14.0. The van der Waals surface area contributed by atoms with E-state index < -0.39 is 6.09 Å². The molecule has 0 spiro atoms. The first-order valence-corrected chi connectivity index (χ1v) is 10.4. The zero-order valence-corrected chi connectivity index (χ0v) is 17.3. The van der Waals surface area contributed by atoms with Crippen molar-refractivity contribution in [2.75, 3.05) is 31.1 Å². The number of aromatic hydroxyl groups is 1. The van der Waals surface area contributed by atoms with Gasteiger partial charge in [0.1, 0.15) is 17.4 Å². The van der Waals surface area contributed by atoms with Crippen molar-refractivity contribution in [3.63, 3.8) is 0 Å². The number of anilines is 1. The standard InChI is InChI=1S/C23H25FN4O3/c1-2-10-28(23(30)31)14-15-9-11-27(13-15)22-18-12-16(24)7-8-19(18)25-21(26-22)17-5-3-4-6-20(17)29/h3-8,12,15,29H,2,9-11,13-14H2,1H3,(H,30,31)/t15-/m0/s1. The lowest BCUT2D eigenvalue weighted by atomic mass is 10.1. The van der Waals surface area contributed by atoms with E-state index in [1.54, 1.807) is 30.3 Å². The predicted octanol–water partition coefficient (Wildman–Crippen LogP) is 4.36. The Balaban J connectivity index is 1.69. The van der Waals surface area contributed by atoms with Crippen molar-refractivity contribution in [2.24, 2.45) is 5.92 Å². The van der Waals surface area contributed by atoms with Crippen LogP contribution in [0.15, 0.2) is 42.5 Å². The molecule has 4 rings (SSSR count). The lowest BCUT2D eigenvalue weighted by molar-refractivity contribution is 0.138. The highest BCUT2D eigenvalue weighted by Crippen LogP contribution is 2.34. The number of benzene rings is 2. The molecule has 162 valence electrons. The molecule has 0 aliphatic carbocycles. The van der Waals surface area contributed by atoms with Crippen molar-refractivity contribution in [3.8, 4) is 17.1 Å². The van der Waals surface area contributed by atoms with Crippen LogP contribution >= 0.6 is 0 Å². The minimum Gasteiger partial charge on any atom is -0.507 e.